The van der Waals surface area contributed by atoms with E-state index in [0.29, 0.717) is 5.91 Å². The number of hydrogen-bond acceptors (Lipinski definition) is 2. The molecule has 2 saturated heterocycles. The van der Waals surface area contributed by atoms with E-state index in [2.05, 4.69) is 23.6 Å². The first kappa shape index (κ1) is 16.8. The number of carbonyl (C=O) groups is 1. The highest BCUT2D eigenvalue weighted by atomic mass is 16.2. The molecule has 0 N–H and O–H groups in total. The van der Waals surface area contributed by atoms with Crippen molar-refractivity contribution in [3.05, 3.63) is 0 Å². The fraction of sp³-hybridized carbons (Fsp3) is 0.944. The molecule has 0 spiro atoms. The zero-order valence-electron chi connectivity index (χ0n) is 14.1. The maximum Gasteiger partial charge on any atom is 0.223 e. The Bertz CT molecular complexity index is 304. The first-order valence-corrected chi connectivity index (χ1v) is 9.19. The molecule has 2 heterocycles. The summed E-state index contributed by atoms with van der Waals surface area (Å²) in [7, 11) is 0. The summed E-state index contributed by atoms with van der Waals surface area (Å²) < 4.78 is 0. The van der Waals surface area contributed by atoms with Crippen LogP contribution in [0.15, 0.2) is 0 Å². The molecule has 122 valence electrons. The van der Waals surface area contributed by atoms with Crippen molar-refractivity contribution in [2.75, 3.05) is 32.7 Å². The Hall–Kier alpha value is -0.570. The van der Waals surface area contributed by atoms with Gasteiger partial charge in [0, 0.05) is 26.1 Å². The minimum atomic E-state index is 0.391. The molecule has 0 aromatic carbocycles. The lowest BCUT2D eigenvalue weighted by Gasteiger charge is -2.34. The third-order valence-electron chi connectivity index (χ3n) is 5.49. The van der Waals surface area contributed by atoms with Crippen LogP contribution >= 0.6 is 0 Å². The number of hydrogen-bond donors (Lipinski definition) is 0. The van der Waals surface area contributed by atoms with Crippen LogP contribution in [0.5, 0.6) is 0 Å². The summed E-state index contributed by atoms with van der Waals surface area (Å²) in [4.78, 5) is 16.9. The van der Waals surface area contributed by atoms with Crippen LogP contribution in [0.4, 0.5) is 0 Å². The van der Waals surface area contributed by atoms with Crippen LogP contribution in [-0.4, -0.2) is 48.4 Å². The van der Waals surface area contributed by atoms with Crippen molar-refractivity contribution < 1.29 is 4.79 Å². The Morgan fingerprint density at radius 1 is 1.10 bits per heavy atom. The second kappa shape index (κ2) is 8.77. The van der Waals surface area contributed by atoms with E-state index >= 15 is 0 Å². The van der Waals surface area contributed by atoms with E-state index in [9.17, 15) is 4.79 Å². The van der Waals surface area contributed by atoms with Gasteiger partial charge in [-0.05, 0) is 57.0 Å². The Balaban J connectivity index is 1.63. The Morgan fingerprint density at radius 3 is 2.38 bits per heavy atom. The van der Waals surface area contributed by atoms with Crippen molar-refractivity contribution in [3.63, 3.8) is 0 Å². The van der Waals surface area contributed by atoms with Gasteiger partial charge in [0.15, 0.2) is 0 Å². The SMILES string of the molecule is CCC(C)CC1CCN(C(=O)CCN2CCCCC2)CC1. The third-order valence-corrected chi connectivity index (χ3v) is 5.49. The number of likely N-dealkylation sites (tertiary alicyclic amines) is 2. The molecule has 0 bridgehead atoms. The van der Waals surface area contributed by atoms with Gasteiger partial charge in [0.1, 0.15) is 0 Å². The normalized spacial score (nSPS) is 23.2. The topological polar surface area (TPSA) is 23.6 Å². The number of carbonyl (C=O) groups excluding carboxylic acids is 1. The van der Waals surface area contributed by atoms with E-state index in [1.165, 1.54) is 58.0 Å². The molecule has 0 aromatic rings. The Morgan fingerprint density at radius 2 is 1.76 bits per heavy atom. The van der Waals surface area contributed by atoms with Gasteiger partial charge in [-0.25, -0.2) is 0 Å². The molecule has 2 aliphatic heterocycles. The van der Waals surface area contributed by atoms with Crippen LogP contribution in [0.2, 0.25) is 0 Å². The molecule has 3 heteroatoms. The maximum atomic E-state index is 12.3. The Kier molecular flexibility index (Phi) is 7.01. The van der Waals surface area contributed by atoms with Gasteiger partial charge >= 0.3 is 0 Å². The zero-order valence-corrected chi connectivity index (χ0v) is 14.1. The molecule has 2 aliphatic rings. The quantitative estimate of drug-likeness (QED) is 0.748. The first-order chi connectivity index (χ1) is 10.2. The standard InChI is InChI=1S/C18H34N2O/c1-3-16(2)15-17-7-13-20(14-8-17)18(21)9-12-19-10-5-4-6-11-19/h16-17H,3-15H2,1-2H3. The highest BCUT2D eigenvalue weighted by molar-refractivity contribution is 5.76. The third kappa shape index (κ3) is 5.61. The first-order valence-electron chi connectivity index (χ1n) is 9.19. The van der Waals surface area contributed by atoms with Crippen molar-refractivity contribution in [1.29, 1.82) is 0 Å². The summed E-state index contributed by atoms with van der Waals surface area (Å²) in [5.74, 6) is 2.09. The van der Waals surface area contributed by atoms with Crippen LogP contribution in [-0.2, 0) is 4.79 Å². The van der Waals surface area contributed by atoms with Crippen LogP contribution in [0, 0.1) is 11.8 Å². The molecule has 2 rings (SSSR count). The predicted octanol–water partition coefficient (Wildman–Crippen LogP) is 3.54. The monoisotopic (exact) mass is 294 g/mol. The van der Waals surface area contributed by atoms with Crippen LogP contribution < -0.4 is 0 Å². The second-order valence-electron chi connectivity index (χ2n) is 7.23. The summed E-state index contributed by atoms with van der Waals surface area (Å²) in [5.41, 5.74) is 0. The molecule has 0 aromatic heterocycles. The molecule has 2 fully saturated rings. The molecule has 3 nitrogen and oxygen atoms in total. The highest BCUT2D eigenvalue weighted by Gasteiger charge is 2.24. The summed E-state index contributed by atoms with van der Waals surface area (Å²) in [5, 5.41) is 0. The highest BCUT2D eigenvalue weighted by Crippen LogP contribution is 2.25. The minimum absolute atomic E-state index is 0.391. The summed E-state index contributed by atoms with van der Waals surface area (Å²) in [6.45, 7) is 10.0. The number of amides is 1. The molecule has 0 aliphatic carbocycles. The molecule has 1 unspecified atom stereocenters. The van der Waals surface area contributed by atoms with E-state index < -0.39 is 0 Å². The van der Waals surface area contributed by atoms with Crippen LogP contribution in [0.1, 0.15) is 65.2 Å². The van der Waals surface area contributed by atoms with Crippen molar-refractivity contribution in [2.45, 2.75) is 65.2 Å². The lowest BCUT2D eigenvalue weighted by atomic mass is 9.87. The number of piperidine rings is 2. The van der Waals surface area contributed by atoms with Gasteiger partial charge in [-0.3, -0.25) is 4.79 Å². The smallest absolute Gasteiger partial charge is 0.223 e. The molecular weight excluding hydrogens is 260 g/mol. The van der Waals surface area contributed by atoms with Gasteiger partial charge in [0.05, 0.1) is 0 Å². The average molecular weight is 294 g/mol. The van der Waals surface area contributed by atoms with Crippen molar-refractivity contribution in [3.8, 4) is 0 Å². The van der Waals surface area contributed by atoms with E-state index in [1.54, 1.807) is 0 Å². The van der Waals surface area contributed by atoms with Crippen molar-refractivity contribution in [2.24, 2.45) is 11.8 Å². The molecular formula is C18H34N2O. The maximum absolute atomic E-state index is 12.3. The number of nitrogens with zero attached hydrogens (tertiary/aromatic N) is 2. The summed E-state index contributed by atoms with van der Waals surface area (Å²) in [6.07, 6.45) is 9.81. The molecule has 0 saturated carbocycles. The lowest BCUT2D eigenvalue weighted by Crippen LogP contribution is -2.41. The van der Waals surface area contributed by atoms with Crippen LogP contribution in [0.25, 0.3) is 0 Å². The largest absolute Gasteiger partial charge is 0.343 e. The van der Waals surface area contributed by atoms with Gasteiger partial charge in [-0.2, -0.15) is 0 Å². The summed E-state index contributed by atoms with van der Waals surface area (Å²) in [6, 6.07) is 0. The van der Waals surface area contributed by atoms with Crippen LogP contribution in [0.3, 0.4) is 0 Å². The second-order valence-corrected chi connectivity index (χ2v) is 7.23. The zero-order chi connectivity index (χ0) is 15.1. The average Bonchev–Trinajstić information content (AvgIpc) is 2.54. The summed E-state index contributed by atoms with van der Waals surface area (Å²) >= 11 is 0. The van der Waals surface area contributed by atoms with Crippen molar-refractivity contribution in [1.82, 2.24) is 9.80 Å². The molecule has 1 atom stereocenters. The lowest BCUT2D eigenvalue weighted by molar-refractivity contribution is -0.133. The van der Waals surface area contributed by atoms with Gasteiger partial charge in [-0.1, -0.05) is 26.7 Å². The fourth-order valence-electron chi connectivity index (χ4n) is 3.75. The van der Waals surface area contributed by atoms with Gasteiger partial charge in [0.25, 0.3) is 0 Å². The Labute approximate surface area is 131 Å². The molecule has 1 amide bonds. The predicted molar refractivity (Wildman–Crippen MR) is 88.3 cm³/mol. The molecule has 21 heavy (non-hydrogen) atoms. The minimum Gasteiger partial charge on any atom is -0.343 e. The van der Waals surface area contributed by atoms with Gasteiger partial charge in [0.2, 0.25) is 5.91 Å². The fourth-order valence-corrected chi connectivity index (χ4v) is 3.75. The number of rotatable bonds is 6. The van der Waals surface area contributed by atoms with Gasteiger partial charge < -0.3 is 9.80 Å². The van der Waals surface area contributed by atoms with E-state index in [0.717, 1.165) is 37.9 Å². The van der Waals surface area contributed by atoms with E-state index in [1.807, 2.05) is 0 Å². The van der Waals surface area contributed by atoms with E-state index in [-0.39, 0.29) is 0 Å². The van der Waals surface area contributed by atoms with Crippen molar-refractivity contribution >= 4 is 5.91 Å². The molecule has 0 radical (unpaired) electrons. The van der Waals surface area contributed by atoms with E-state index in [4.69, 9.17) is 0 Å². The van der Waals surface area contributed by atoms with Gasteiger partial charge in [-0.15, -0.1) is 0 Å².